The molecule has 1 atom stereocenters. The van der Waals surface area contributed by atoms with Gasteiger partial charge in [0, 0.05) is 23.5 Å². The predicted molar refractivity (Wildman–Crippen MR) is 100 cm³/mol. The first-order chi connectivity index (χ1) is 12.6. The molecule has 26 heavy (non-hydrogen) atoms. The van der Waals surface area contributed by atoms with E-state index in [4.69, 9.17) is 11.6 Å². The molecule has 3 rings (SSSR count). The van der Waals surface area contributed by atoms with Crippen LogP contribution < -0.4 is 4.90 Å². The van der Waals surface area contributed by atoms with Crippen LogP contribution in [0.3, 0.4) is 0 Å². The second kappa shape index (κ2) is 8.27. The number of halogens is 1. The molecule has 0 aliphatic carbocycles. The minimum Gasteiger partial charge on any atom is -0.323 e. The number of hydrogen-bond acceptors (Lipinski definition) is 4. The molecule has 2 aromatic rings. The summed E-state index contributed by atoms with van der Waals surface area (Å²) < 4.78 is 0. The molecule has 7 heteroatoms. The van der Waals surface area contributed by atoms with Crippen LogP contribution in [0, 0.1) is 0 Å². The zero-order valence-electron chi connectivity index (χ0n) is 14.6. The standard InChI is InChI=1S/C19H21ClN4O2/c1-2-3-7-16-12-23(15-8-4-6-14(20)11-15)18(25)13-24(16)19(26)17-9-5-10-21-22-17/h4-6,8-11,16H,2-3,7,12-13H2,1H3/t16-/m1/s1. The Labute approximate surface area is 157 Å². The smallest absolute Gasteiger partial charge is 0.275 e. The van der Waals surface area contributed by atoms with Gasteiger partial charge in [0.25, 0.3) is 5.91 Å². The first-order valence-corrected chi connectivity index (χ1v) is 9.12. The van der Waals surface area contributed by atoms with Crippen LogP contribution in [0.1, 0.15) is 36.7 Å². The minimum atomic E-state index is -0.252. The van der Waals surface area contributed by atoms with Gasteiger partial charge >= 0.3 is 0 Å². The van der Waals surface area contributed by atoms with Crippen LogP contribution in [0.5, 0.6) is 0 Å². The molecule has 0 saturated carbocycles. The van der Waals surface area contributed by atoms with E-state index in [0.717, 1.165) is 24.9 Å². The van der Waals surface area contributed by atoms with Crippen LogP contribution in [0.25, 0.3) is 0 Å². The van der Waals surface area contributed by atoms with Crippen LogP contribution in [0.15, 0.2) is 42.6 Å². The number of carbonyl (C=O) groups is 2. The lowest BCUT2D eigenvalue weighted by molar-refractivity contribution is -0.121. The van der Waals surface area contributed by atoms with E-state index < -0.39 is 0 Å². The van der Waals surface area contributed by atoms with E-state index in [1.165, 1.54) is 6.20 Å². The van der Waals surface area contributed by atoms with Crippen molar-refractivity contribution < 1.29 is 9.59 Å². The van der Waals surface area contributed by atoms with E-state index in [0.29, 0.717) is 11.6 Å². The summed E-state index contributed by atoms with van der Waals surface area (Å²) in [6.45, 7) is 2.58. The molecule has 1 aromatic heterocycles. The number of aromatic nitrogens is 2. The molecular formula is C19H21ClN4O2. The van der Waals surface area contributed by atoms with Crippen LogP contribution in [-0.4, -0.2) is 46.0 Å². The predicted octanol–water partition coefficient (Wildman–Crippen LogP) is 3.18. The van der Waals surface area contributed by atoms with Crippen molar-refractivity contribution in [2.24, 2.45) is 0 Å². The second-order valence-corrected chi connectivity index (χ2v) is 6.76. The quantitative estimate of drug-likeness (QED) is 0.808. The van der Waals surface area contributed by atoms with Crippen LogP contribution in [-0.2, 0) is 4.79 Å². The molecule has 0 unspecified atom stereocenters. The van der Waals surface area contributed by atoms with Gasteiger partial charge in [-0.15, -0.1) is 5.10 Å². The van der Waals surface area contributed by atoms with Crippen molar-refractivity contribution in [3.8, 4) is 0 Å². The molecule has 0 spiro atoms. The maximum atomic E-state index is 12.8. The summed E-state index contributed by atoms with van der Waals surface area (Å²) in [5.74, 6) is -0.379. The lowest BCUT2D eigenvalue weighted by Gasteiger charge is -2.41. The van der Waals surface area contributed by atoms with Gasteiger partial charge in [-0.05, 0) is 36.8 Å². The van der Waals surface area contributed by atoms with Gasteiger partial charge in [-0.25, -0.2) is 0 Å². The summed E-state index contributed by atoms with van der Waals surface area (Å²) in [6, 6.07) is 10.5. The average molecular weight is 373 g/mol. The van der Waals surface area contributed by atoms with Gasteiger partial charge in [0.1, 0.15) is 6.54 Å². The Kier molecular flexibility index (Phi) is 5.83. The van der Waals surface area contributed by atoms with E-state index in [1.54, 1.807) is 34.1 Å². The number of amides is 2. The van der Waals surface area contributed by atoms with E-state index in [-0.39, 0.29) is 30.1 Å². The molecular weight excluding hydrogens is 352 g/mol. The Hall–Kier alpha value is -2.47. The summed E-state index contributed by atoms with van der Waals surface area (Å²) in [6.07, 6.45) is 4.35. The number of benzene rings is 1. The highest BCUT2D eigenvalue weighted by atomic mass is 35.5. The van der Waals surface area contributed by atoms with Crippen molar-refractivity contribution in [3.05, 3.63) is 53.3 Å². The van der Waals surface area contributed by atoms with Crippen molar-refractivity contribution >= 4 is 29.1 Å². The van der Waals surface area contributed by atoms with Gasteiger partial charge in [-0.3, -0.25) is 9.59 Å². The minimum absolute atomic E-state index is 0.0241. The van der Waals surface area contributed by atoms with E-state index in [1.807, 2.05) is 12.1 Å². The van der Waals surface area contributed by atoms with Crippen molar-refractivity contribution in [3.63, 3.8) is 0 Å². The van der Waals surface area contributed by atoms with Gasteiger partial charge in [0.15, 0.2) is 5.69 Å². The lowest BCUT2D eigenvalue weighted by atomic mass is 10.0. The molecule has 2 amide bonds. The van der Waals surface area contributed by atoms with Crippen molar-refractivity contribution in [2.45, 2.75) is 32.2 Å². The van der Waals surface area contributed by atoms with E-state index >= 15 is 0 Å². The lowest BCUT2D eigenvalue weighted by Crippen LogP contribution is -2.58. The number of rotatable bonds is 5. The molecule has 1 saturated heterocycles. The summed E-state index contributed by atoms with van der Waals surface area (Å²) in [5.41, 5.74) is 1.02. The van der Waals surface area contributed by atoms with E-state index in [2.05, 4.69) is 17.1 Å². The normalized spacial score (nSPS) is 17.5. The van der Waals surface area contributed by atoms with Gasteiger partial charge in [-0.2, -0.15) is 5.10 Å². The van der Waals surface area contributed by atoms with Gasteiger partial charge < -0.3 is 9.80 Å². The molecule has 6 nitrogen and oxygen atoms in total. The molecule has 136 valence electrons. The van der Waals surface area contributed by atoms with Crippen LogP contribution in [0.4, 0.5) is 5.69 Å². The fourth-order valence-corrected chi connectivity index (χ4v) is 3.34. The highest BCUT2D eigenvalue weighted by molar-refractivity contribution is 6.30. The highest BCUT2D eigenvalue weighted by Crippen LogP contribution is 2.25. The third kappa shape index (κ3) is 4.02. The molecule has 0 bridgehead atoms. The van der Waals surface area contributed by atoms with Gasteiger partial charge in [-0.1, -0.05) is 37.4 Å². The summed E-state index contributed by atoms with van der Waals surface area (Å²) in [4.78, 5) is 28.9. The Balaban J connectivity index is 1.85. The zero-order valence-corrected chi connectivity index (χ0v) is 15.4. The molecule has 0 radical (unpaired) electrons. The fourth-order valence-electron chi connectivity index (χ4n) is 3.15. The number of anilines is 1. The Morgan fingerprint density at radius 3 is 2.85 bits per heavy atom. The van der Waals surface area contributed by atoms with Gasteiger partial charge in [0.2, 0.25) is 5.91 Å². The first-order valence-electron chi connectivity index (χ1n) is 8.74. The summed E-state index contributed by atoms with van der Waals surface area (Å²) in [7, 11) is 0. The molecule has 1 aliphatic heterocycles. The molecule has 2 heterocycles. The fraction of sp³-hybridized carbons (Fsp3) is 0.368. The third-order valence-corrected chi connectivity index (χ3v) is 4.74. The van der Waals surface area contributed by atoms with Crippen molar-refractivity contribution in [1.29, 1.82) is 0 Å². The molecule has 1 aromatic carbocycles. The maximum absolute atomic E-state index is 12.8. The van der Waals surface area contributed by atoms with Crippen LogP contribution in [0.2, 0.25) is 5.02 Å². The SMILES string of the molecule is CCCC[C@@H]1CN(c2cccc(Cl)c2)C(=O)CN1C(=O)c1cccnn1. The Morgan fingerprint density at radius 2 is 2.15 bits per heavy atom. The number of unbranched alkanes of at least 4 members (excludes halogenated alkanes) is 1. The maximum Gasteiger partial charge on any atom is 0.275 e. The molecule has 1 fully saturated rings. The first kappa shape index (κ1) is 18.3. The summed E-state index contributed by atoms with van der Waals surface area (Å²) in [5, 5.41) is 8.25. The summed E-state index contributed by atoms with van der Waals surface area (Å²) >= 11 is 6.07. The number of carbonyl (C=O) groups excluding carboxylic acids is 2. The van der Waals surface area contributed by atoms with Crippen molar-refractivity contribution in [1.82, 2.24) is 15.1 Å². The number of nitrogens with zero attached hydrogens (tertiary/aromatic N) is 4. The molecule has 0 N–H and O–H groups in total. The topological polar surface area (TPSA) is 66.4 Å². The Bertz CT molecular complexity index is 784. The highest BCUT2D eigenvalue weighted by Gasteiger charge is 2.36. The third-order valence-electron chi connectivity index (χ3n) is 4.50. The van der Waals surface area contributed by atoms with Crippen LogP contribution >= 0.6 is 11.6 Å². The Morgan fingerprint density at radius 1 is 1.31 bits per heavy atom. The second-order valence-electron chi connectivity index (χ2n) is 6.32. The van der Waals surface area contributed by atoms with Crippen molar-refractivity contribution in [2.75, 3.05) is 18.0 Å². The number of hydrogen-bond donors (Lipinski definition) is 0. The zero-order chi connectivity index (χ0) is 18.5. The average Bonchev–Trinajstić information content (AvgIpc) is 2.67. The van der Waals surface area contributed by atoms with Gasteiger partial charge in [0.05, 0.1) is 6.04 Å². The largest absolute Gasteiger partial charge is 0.323 e. The van der Waals surface area contributed by atoms with E-state index in [9.17, 15) is 9.59 Å². The monoisotopic (exact) mass is 372 g/mol. The number of piperazine rings is 1. The molecule has 1 aliphatic rings.